The summed E-state index contributed by atoms with van der Waals surface area (Å²) in [7, 11) is 6.17. The molecule has 484 valence electrons. The standard InChI is InChI=1S/C60H100O24/c1-14-26(2)55(68)77-27(3)34-18-20-60(69)35-16-15-32-21-33(17-19-58(32,8)43(35)45(63)54(67)59(34,60)9)79-40-22-36(70-10)49(28(4)74-40)81-41-23-37(71-11)50(29(5)75-41)82-42-24-38(72-12)51(30(6)76-42)83-57-48(66)53(73-13)52(31(7)78-57)84-56-47(65)46(64)44(62)39(25-61)80-56/h14,27-54,56-57,61-67,69H,15-25H2,1-13H3/b26-14+/t27-,28?,29?,30?,31?,32?,33-,34+,35?,36?,37?,38?,39?,40?,41?,42?,43?,44?,45-,46?,47?,48?,49?,50?,51?,52?,53?,54+,56?,57?,58-,59-,60-/m0/s1. The molecule has 4 aliphatic carbocycles. The van der Waals surface area contributed by atoms with Gasteiger partial charge in [0.05, 0.1) is 73.2 Å². The average molecular weight is 1210 g/mol. The Morgan fingerprint density at radius 1 is 0.595 bits per heavy atom. The number of hydrogen-bond donors (Lipinski definition) is 8. The number of rotatable bonds is 18. The van der Waals surface area contributed by atoms with Crippen LogP contribution in [0.2, 0.25) is 0 Å². The van der Waals surface area contributed by atoms with Gasteiger partial charge in [0.1, 0.15) is 67.1 Å². The molecule has 24 heteroatoms. The largest absolute Gasteiger partial charge is 0.459 e. The van der Waals surface area contributed by atoms with Crippen molar-refractivity contribution >= 4 is 5.97 Å². The van der Waals surface area contributed by atoms with E-state index >= 15 is 0 Å². The summed E-state index contributed by atoms with van der Waals surface area (Å²) in [6, 6.07) is 0. The van der Waals surface area contributed by atoms with Crippen molar-refractivity contribution in [3.05, 3.63) is 11.6 Å². The molecule has 0 aromatic rings. The minimum Gasteiger partial charge on any atom is -0.459 e. The third kappa shape index (κ3) is 12.3. The highest BCUT2D eigenvalue weighted by atomic mass is 16.8. The topological polar surface area (TPSA) is 317 Å². The van der Waals surface area contributed by atoms with E-state index in [-0.39, 0.29) is 41.6 Å². The molecule has 5 aliphatic heterocycles. The third-order valence-corrected chi connectivity index (χ3v) is 21.8. The molecule has 0 amide bonds. The van der Waals surface area contributed by atoms with E-state index in [1.165, 1.54) is 7.11 Å². The number of carbonyl (C=O) groups excluding carboxylic acids is 1. The molecule has 0 aromatic carbocycles. The SMILES string of the molecule is C/C=C(\C)C(=O)O[C@@H](C)[C@H]1CC[C@]2(O)C3CCC4C[C@@H](OC5CC(OC)C(OC6CC(OC)C(OC7CC(OC)C(OC8OC(C)C(OC9OC(CO)C(O)C(O)C9O)C(OC)C8O)C(C)O7)C(C)O6)C(C)O5)CC[C@]4(C)C3[C@H](O)[C@@H](O)[C@]12C. The molecule has 8 N–H and O–H groups in total. The number of esters is 1. The van der Waals surface area contributed by atoms with Crippen molar-refractivity contribution < 1.29 is 117 Å². The molecule has 5 heterocycles. The average Bonchev–Trinajstić information content (AvgIpc) is 2.32. The highest BCUT2D eigenvalue weighted by Gasteiger charge is 2.74. The fraction of sp³-hybridized carbons (Fsp3) is 0.950. The van der Waals surface area contributed by atoms with Gasteiger partial charge in [-0.1, -0.05) is 19.9 Å². The lowest BCUT2D eigenvalue weighted by Gasteiger charge is -2.66. The van der Waals surface area contributed by atoms with Gasteiger partial charge in [-0.15, -0.1) is 0 Å². The molecule has 5 saturated heterocycles. The first kappa shape index (κ1) is 66.7. The van der Waals surface area contributed by atoms with Gasteiger partial charge in [-0.3, -0.25) is 0 Å². The Kier molecular flexibility index (Phi) is 21.5. The van der Waals surface area contributed by atoms with Crippen molar-refractivity contribution in [2.75, 3.05) is 35.0 Å². The molecule has 9 aliphatic rings. The summed E-state index contributed by atoms with van der Waals surface area (Å²) in [6.45, 7) is 16.1. The lowest BCUT2D eigenvalue weighted by molar-refractivity contribution is -0.374. The van der Waals surface area contributed by atoms with Gasteiger partial charge in [0.15, 0.2) is 31.5 Å². The Hall–Kier alpha value is -1.67. The van der Waals surface area contributed by atoms with Gasteiger partial charge in [0.25, 0.3) is 0 Å². The van der Waals surface area contributed by atoms with Crippen molar-refractivity contribution in [3.63, 3.8) is 0 Å². The smallest absolute Gasteiger partial charge is 0.333 e. The van der Waals surface area contributed by atoms with Gasteiger partial charge in [0, 0.05) is 64.6 Å². The van der Waals surface area contributed by atoms with Crippen LogP contribution in [-0.2, 0) is 75.8 Å². The van der Waals surface area contributed by atoms with Gasteiger partial charge in [-0.25, -0.2) is 4.79 Å². The van der Waals surface area contributed by atoms with E-state index in [1.54, 1.807) is 55.1 Å². The Bertz CT molecular complexity index is 2190. The molecule has 0 aromatic heterocycles. The molecule has 24 nitrogen and oxygen atoms in total. The Morgan fingerprint density at radius 2 is 1.12 bits per heavy atom. The van der Waals surface area contributed by atoms with Crippen molar-refractivity contribution in [2.24, 2.45) is 34.5 Å². The number of methoxy groups -OCH3 is 4. The summed E-state index contributed by atoms with van der Waals surface area (Å²) in [6.07, 6.45) is -15.6. The molecule has 0 bridgehead atoms. The molecule has 4 saturated carbocycles. The van der Waals surface area contributed by atoms with Crippen LogP contribution in [0.25, 0.3) is 0 Å². The summed E-state index contributed by atoms with van der Waals surface area (Å²) < 4.78 is 93.3. The molecule has 0 spiro atoms. The van der Waals surface area contributed by atoms with E-state index in [9.17, 15) is 45.6 Å². The third-order valence-electron chi connectivity index (χ3n) is 21.8. The number of fused-ring (bicyclic) bond motifs is 5. The fourth-order valence-corrected chi connectivity index (χ4v) is 16.8. The lowest BCUT2D eigenvalue weighted by Crippen LogP contribution is -2.72. The van der Waals surface area contributed by atoms with Crippen LogP contribution in [0.3, 0.4) is 0 Å². The van der Waals surface area contributed by atoms with E-state index in [4.69, 9.17) is 71.1 Å². The lowest BCUT2D eigenvalue weighted by atomic mass is 9.41. The predicted molar refractivity (Wildman–Crippen MR) is 293 cm³/mol. The normalized spacial score (nSPS) is 52.2. The van der Waals surface area contributed by atoms with Crippen molar-refractivity contribution in [3.8, 4) is 0 Å². The Labute approximate surface area is 494 Å². The number of allylic oxidation sites excluding steroid dienone is 1. The van der Waals surface area contributed by atoms with Crippen LogP contribution in [0.5, 0.6) is 0 Å². The van der Waals surface area contributed by atoms with E-state index in [1.807, 2.05) is 27.7 Å². The van der Waals surface area contributed by atoms with Gasteiger partial charge >= 0.3 is 5.97 Å². The minimum atomic E-state index is -1.68. The number of ether oxygens (including phenoxy) is 15. The molecule has 33 atom stereocenters. The van der Waals surface area contributed by atoms with Crippen LogP contribution < -0.4 is 0 Å². The first-order valence-electron chi connectivity index (χ1n) is 30.7. The minimum absolute atomic E-state index is 0.119. The van der Waals surface area contributed by atoms with E-state index in [2.05, 4.69) is 6.92 Å². The van der Waals surface area contributed by atoms with E-state index in [0.29, 0.717) is 44.1 Å². The zero-order chi connectivity index (χ0) is 61.1. The van der Waals surface area contributed by atoms with Crippen LogP contribution in [-0.4, -0.2) is 247 Å². The Morgan fingerprint density at radius 3 is 1.65 bits per heavy atom. The maximum absolute atomic E-state index is 12.8. The first-order valence-corrected chi connectivity index (χ1v) is 30.7. The highest BCUT2D eigenvalue weighted by Crippen LogP contribution is 2.69. The maximum atomic E-state index is 12.8. The predicted octanol–water partition coefficient (Wildman–Crippen LogP) is 1.90. The van der Waals surface area contributed by atoms with Crippen LogP contribution >= 0.6 is 0 Å². The number of aliphatic hydroxyl groups excluding tert-OH is 7. The van der Waals surface area contributed by atoms with Crippen molar-refractivity contribution in [2.45, 2.75) is 292 Å². The number of aliphatic hydroxyl groups is 8. The second kappa shape index (κ2) is 27.0. The molecule has 84 heavy (non-hydrogen) atoms. The molecular formula is C60H100O24. The quantitative estimate of drug-likeness (QED) is 0.0552. The van der Waals surface area contributed by atoms with Crippen molar-refractivity contribution in [1.29, 1.82) is 0 Å². The zero-order valence-corrected chi connectivity index (χ0v) is 51.3. The van der Waals surface area contributed by atoms with Gasteiger partial charge in [0.2, 0.25) is 0 Å². The molecule has 0 radical (unpaired) electrons. The summed E-state index contributed by atoms with van der Waals surface area (Å²) in [4.78, 5) is 12.8. The van der Waals surface area contributed by atoms with Crippen molar-refractivity contribution in [1.82, 2.24) is 0 Å². The highest BCUT2D eigenvalue weighted by molar-refractivity contribution is 5.87. The van der Waals surface area contributed by atoms with E-state index < -0.39 is 177 Å². The molecule has 9 rings (SSSR count). The number of hydrogen-bond acceptors (Lipinski definition) is 24. The van der Waals surface area contributed by atoms with E-state index in [0.717, 1.165) is 19.3 Å². The molecular weight excluding hydrogens is 1100 g/mol. The summed E-state index contributed by atoms with van der Waals surface area (Å²) in [5.41, 5.74) is -2.18. The first-order chi connectivity index (χ1) is 39.8. The summed E-state index contributed by atoms with van der Waals surface area (Å²) >= 11 is 0. The Balaban J connectivity index is 0.754. The van der Waals surface area contributed by atoms with Gasteiger partial charge in [-0.05, 0) is 117 Å². The molecule has 9 fully saturated rings. The van der Waals surface area contributed by atoms with Gasteiger partial charge in [-0.2, -0.15) is 0 Å². The summed E-state index contributed by atoms with van der Waals surface area (Å²) in [5, 5.41) is 89.7. The van der Waals surface area contributed by atoms with Crippen LogP contribution in [0.4, 0.5) is 0 Å². The second-order valence-corrected chi connectivity index (χ2v) is 26.2. The van der Waals surface area contributed by atoms with Crippen LogP contribution in [0, 0.1) is 34.5 Å². The molecule has 25 unspecified atom stereocenters. The van der Waals surface area contributed by atoms with Gasteiger partial charge < -0.3 is 112 Å². The monoisotopic (exact) mass is 1200 g/mol. The zero-order valence-electron chi connectivity index (χ0n) is 51.3. The fourth-order valence-electron chi connectivity index (χ4n) is 16.8. The maximum Gasteiger partial charge on any atom is 0.333 e. The number of carbonyl (C=O) groups is 1. The second-order valence-electron chi connectivity index (χ2n) is 26.2. The summed E-state index contributed by atoms with van der Waals surface area (Å²) in [5.74, 6) is -1.13. The van der Waals surface area contributed by atoms with Crippen LogP contribution in [0.1, 0.15) is 127 Å². The van der Waals surface area contributed by atoms with Crippen LogP contribution in [0.15, 0.2) is 11.6 Å².